The summed E-state index contributed by atoms with van der Waals surface area (Å²) >= 11 is 0. The van der Waals surface area contributed by atoms with E-state index in [1.165, 1.54) is 18.7 Å². The van der Waals surface area contributed by atoms with E-state index in [9.17, 15) is 14.4 Å². The molecule has 174 valence electrons. The topological polar surface area (TPSA) is 97.2 Å². The van der Waals surface area contributed by atoms with Crippen molar-refractivity contribution < 1.29 is 19.5 Å². The predicted molar refractivity (Wildman–Crippen MR) is 136 cm³/mol. The number of hydrogen-bond acceptors (Lipinski definition) is 5. The molecule has 1 N–H and O–H groups in total. The fraction of sp³-hybridized carbons (Fsp3) is 0.138. The van der Waals surface area contributed by atoms with E-state index >= 15 is 0 Å². The standard InChI is InChI=1S/C24H20O2.C5H4N2O2/c1-3-7-20-19-14-13-17-16-10-6-5-9-15(16)11-12-18(17)22(19)24(26)21(8-4-2)23(20)25;8-5(9)4-1-6-3-7-2-4/h3-6,9-14,20-21H,1-2,7-8H2;1-3H,(H,8,9). The van der Waals surface area contributed by atoms with E-state index in [0.717, 1.165) is 27.1 Å². The molecule has 0 fully saturated rings. The predicted octanol–water partition coefficient (Wildman–Crippen LogP) is 5.79. The van der Waals surface area contributed by atoms with E-state index in [0.29, 0.717) is 18.4 Å². The third-order valence-electron chi connectivity index (χ3n) is 6.20. The lowest BCUT2D eigenvalue weighted by Crippen LogP contribution is -2.35. The zero-order valence-corrected chi connectivity index (χ0v) is 19.1. The maximum absolute atomic E-state index is 13.2. The molecule has 1 aliphatic carbocycles. The van der Waals surface area contributed by atoms with Gasteiger partial charge < -0.3 is 5.11 Å². The second kappa shape index (κ2) is 10.2. The molecule has 5 rings (SSSR count). The maximum atomic E-state index is 13.2. The average Bonchev–Trinajstić information content (AvgIpc) is 2.89. The zero-order valence-electron chi connectivity index (χ0n) is 19.1. The number of nitrogens with zero attached hydrogens (tertiary/aromatic N) is 2. The van der Waals surface area contributed by atoms with Crippen molar-refractivity contribution in [1.29, 1.82) is 0 Å². The first kappa shape index (κ1) is 23.7. The van der Waals surface area contributed by atoms with Crippen LogP contribution in [0.25, 0.3) is 21.5 Å². The molecule has 0 saturated carbocycles. The van der Waals surface area contributed by atoms with Crippen molar-refractivity contribution in [2.45, 2.75) is 18.8 Å². The Morgan fingerprint density at radius 1 is 0.857 bits per heavy atom. The van der Waals surface area contributed by atoms with Gasteiger partial charge in [-0.3, -0.25) is 9.59 Å². The summed E-state index contributed by atoms with van der Waals surface area (Å²) in [6.45, 7) is 7.53. The van der Waals surface area contributed by atoms with E-state index < -0.39 is 11.9 Å². The number of Topliss-reactive ketones (excluding diaryl/α,β-unsaturated/α-hetero) is 2. The van der Waals surface area contributed by atoms with Gasteiger partial charge in [0.15, 0.2) is 11.6 Å². The van der Waals surface area contributed by atoms with E-state index in [4.69, 9.17) is 5.11 Å². The minimum atomic E-state index is -1.00. The highest BCUT2D eigenvalue weighted by Gasteiger charge is 2.40. The third kappa shape index (κ3) is 4.51. The number of hydrogen-bond donors (Lipinski definition) is 1. The van der Waals surface area contributed by atoms with Crippen LogP contribution in [0, 0.1) is 5.92 Å². The molecule has 35 heavy (non-hydrogen) atoms. The smallest absolute Gasteiger partial charge is 0.338 e. The number of fused-ring (bicyclic) bond motifs is 5. The molecule has 0 saturated heterocycles. The fourth-order valence-electron chi connectivity index (χ4n) is 4.58. The Bertz CT molecular complexity index is 1460. The van der Waals surface area contributed by atoms with E-state index in [1.807, 2.05) is 36.4 Å². The lowest BCUT2D eigenvalue weighted by molar-refractivity contribution is -0.123. The van der Waals surface area contributed by atoms with Crippen LogP contribution in [0.15, 0.2) is 92.6 Å². The molecule has 2 atom stereocenters. The van der Waals surface area contributed by atoms with Crippen LogP contribution in [0.2, 0.25) is 0 Å². The molecular formula is C29H24N2O4. The van der Waals surface area contributed by atoms with Crippen LogP contribution in [0.4, 0.5) is 0 Å². The lowest BCUT2D eigenvalue weighted by Gasteiger charge is -2.29. The van der Waals surface area contributed by atoms with Crippen molar-refractivity contribution in [1.82, 2.24) is 9.97 Å². The maximum Gasteiger partial charge on any atom is 0.338 e. The molecule has 0 amide bonds. The van der Waals surface area contributed by atoms with Gasteiger partial charge in [0.25, 0.3) is 0 Å². The molecule has 3 aromatic carbocycles. The SMILES string of the molecule is C=CCC1C(=O)c2c(ccc3c2ccc2ccccc23)C(CC=C)C1=O.O=C(O)c1cncnc1. The van der Waals surface area contributed by atoms with Crippen LogP contribution in [0.5, 0.6) is 0 Å². The van der Waals surface area contributed by atoms with Crippen molar-refractivity contribution in [2.24, 2.45) is 5.92 Å². The number of carbonyl (C=O) groups is 3. The highest BCUT2D eigenvalue weighted by Crippen LogP contribution is 2.41. The molecule has 0 aliphatic heterocycles. The Balaban J connectivity index is 0.000000271. The van der Waals surface area contributed by atoms with E-state index in [2.05, 4.69) is 35.3 Å². The van der Waals surface area contributed by atoms with Crippen LogP contribution in [-0.2, 0) is 4.79 Å². The van der Waals surface area contributed by atoms with Crippen molar-refractivity contribution in [3.8, 4) is 0 Å². The minimum absolute atomic E-state index is 0.0116. The van der Waals surface area contributed by atoms with Crippen LogP contribution < -0.4 is 0 Å². The highest BCUT2D eigenvalue weighted by molar-refractivity contribution is 6.24. The number of rotatable bonds is 5. The Hall–Kier alpha value is -4.45. The van der Waals surface area contributed by atoms with Crippen molar-refractivity contribution in [2.75, 3.05) is 0 Å². The highest BCUT2D eigenvalue weighted by atomic mass is 16.4. The first-order valence-electron chi connectivity index (χ1n) is 11.2. The van der Waals surface area contributed by atoms with Crippen molar-refractivity contribution in [3.63, 3.8) is 0 Å². The van der Waals surface area contributed by atoms with Crippen LogP contribution in [-0.4, -0.2) is 32.6 Å². The summed E-state index contributed by atoms with van der Waals surface area (Å²) in [7, 11) is 0. The Morgan fingerprint density at radius 3 is 2.17 bits per heavy atom. The molecule has 6 heteroatoms. The largest absolute Gasteiger partial charge is 0.478 e. The van der Waals surface area contributed by atoms with Gasteiger partial charge in [-0.05, 0) is 39.9 Å². The van der Waals surface area contributed by atoms with E-state index in [1.54, 1.807) is 12.2 Å². The summed E-state index contributed by atoms with van der Waals surface area (Å²) in [6, 6.07) is 16.2. The van der Waals surface area contributed by atoms with Gasteiger partial charge in [-0.25, -0.2) is 14.8 Å². The summed E-state index contributed by atoms with van der Waals surface area (Å²) < 4.78 is 0. The van der Waals surface area contributed by atoms with Gasteiger partial charge in [-0.2, -0.15) is 0 Å². The normalized spacial score (nSPS) is 16.8. The Labute approximate surface area is 202 Å². The van der Waals surface area contributed by atoms with Crippen LogP contribution in [0.3, 0.4) is 0 Å². The van der Waals surface area contributed by atoms with Gasteiger partial charge >= 0.3 is 5.97 Å². The molecule has 0 spiro atoms. The molecule has 0 bridgehead atoms. The van der Waals surface area contributed by atoms with Gasteiger partial charge in [0, 0.05) is 23.9 Å². The first-order valence-corrected chi connectivity index (χ1v) is 11.2. The number of aromatic nitrogens is 2. The van der Waals surface area contributed by atoms with Crippen molar-refractivity contribution in [3.05, 3.63) is 109 Å². The molecular weight excluding hydrogens is 440 g/mol. The summed E-state index contributed by atoms with van der Waals surface area (Å²) in [6.07, 6.45) is 8.13. The number of carboxylic acids is 1. The quantitative estimate of drug-likeness (QED) is 0.228. The number of benzene rings is 3. The van der Waals surface area contributed by atoms with Gasteiger partial charge in [0.1, 0.15) is 6.33 Å². The summed E-state index contributed by atoms with van der Waals surface area (Å²) in [5.74, 6) is -2.04. The summed E-state index contributed by atoms with van der Waals surface area (Å²) in [4.78, 5) is 43.3. The Kier molecular flexibility index (Phi) is 6.92. The molecule has 6 nitrogen and oxygen atoms in total. The second-order valence-corrected chi connectivity index (χ2v) is 8.26. The lowest BCUT2D eigenvalue weighted by atomic mass is 9.71. The summed E-state index contributed by atoms with van der Waals surface area (Å²) in [5.41, 5.74) is 1.65. The zero-order chi connectivity index (χ0) is 24.9. The van der Waals surface area contributed by atoms with Gasteiger partial charge in [0.2, 0.25) is 0 Å². The molecule has 0 radical (unpaired) electrons. The molecule has 4 aromatic rings. The fourth-order valence-corrected chi connectivity index (χ4v) is 4.58. The van der Waals surface area contributed by atoms with Crippen molar-refractivity contribution >= 4 is 39.1 Å². The van der Waals surface area contributed by atoms with Gasteiger partial charge in [-0.15, -0.1) is 13.2 Å². The summed E-state index contributed by atoms with van der Waals surface area (Å²) in [5, 5.41) is 12.6. The van der Waals surface area contributed by atoms with Crippen LogP contribution >= 0.6 is 0 Å². The number of ketones is 2. The molecule has 1 aliphatic rings. The number of carbonyl (C=O) groups excluding carboxylic acids is 2. The van der Waals surface area contributed by atoms with E-state index in [-0.39, 0.29) is 23.0 Å². The average molecular weight is 465 g/mol. The first-order chi connectivity index (χ1) is 17.0. The van der Waals surface area contributed by atoms with Gasteiger partial charge in [0.05, 0.1) is 11.5 Å². The third-order valence-corrected chi connectivity index (χ3v) is 6.20. The molecule has 2 unspecified atom stereocenters. The van der Waals surface area contributed by atoms with Gasteiger partial charge in [-0.1, -0.05) is 60.7 Å². The number of aromatic carboxylic acids is 1. The monoisotopic (exact) mass is 464 g/mol. The number of allylic oxidation sites excluding steroid dienone is 2. The van der Waals surface area contributed by atoms with Crippen LogP contribution in [0.1, 0.15) is 45.0 Å². The second-order valence-electron chi connectivity index (χ2n) is 8.26. The molecule has 1 aromatic heterocycles. The minimum Gasteiger partial charge on any atom is -0.478 e. The number of carboxylic acid groups (broad SMARTS) is 1. The molecule has 1 heterocycles. The Morgan fingerprint density at radius 2 is 1.51 bits per heavy atom.